The normalized spacial score (nSPS) is 11.0. The Bertz CT molecular complexity index is 870. The number of hydrogen-bond donors (Lipinski definition) is 1. The molecule has 1 amide bonds. The summed E-state index contributed by atoms with van der Waals surface area (Å²) in [5.41, 5.74) is 3.63. The van der Waals surface area contributed by atoms with E-state index in [4.69, 9.17) is 4.98 Å². The van der Waals surface area contributed by atoms with E-state index in [-0.39, 0.29) is 5.91 Å². The summed E-state index contributed by atoms with van der Waals surface area (Å²) in [7, 11) is 1.86. The molecule has 3 heterocycles. The Kier molecular flexibility index (Phi) is 4.55. The van der Waals surface area contributed by atoms with Crippen LogP contribution in [0.3, 0.4) is 0 Å². The van der Waals surface area contributed by atoms with Crippen LogP contribution in [0.25, 0.3) is 22.3 Å². The first-order chi connectivity index (χ1) is 11.6. The highest BCUT2D eigenvalue weighted by Gasteiger charge is 2.18. The molecule has 0 bridgehead atoms. The van der Waals surface area contributed by atoms with E-state index in [1.54, 1.807) is 17.1 Å². The van der Waals surface area contributed by atoms with Crippen LogP contribution in [0.4, 0.5) is 0 Å². The monoisotopic (exact) mass is 323 g/mol. The Morgan fingerprint density at radius 3 is 2.92 bits per heavy atom. The van der Waals surface area contributed by atoms with E-state index in [0.29, 0.717) is 17.8 Å². The molecule has 0 aromatic carbocycles. The van der Waals surface area contributed by atoms with Gasteiger partial charge in [-0.25, -0.2) is 4.98 Å². The average molecular weight is 323 g/mol. The van der Waals surface area contributed by atoms with Crippen molar-refractivity contribution in [2.45, 2.75) is 26.7 Å². The van der Waals surface area contributed by atoms with Crippen LogP contribution >= 0.6 is 0 Å². The molecule has 6 heteroatoms. The van der Waals surface area contributed by atoms with Gasteiger partial charge in [0.2, 0.25) is 0 Å². The summed E-state index contributed by atoms with van der Waals surface area (Å²) in [5.74, 6) is -0.111. The molecule has 0 aliphatic rings. The number of carbonyl (C=O) groups is 1. The second-order valence-corrected chi connectivity index (χ2v) is 5.82. The number of amides is 1. The standard InChI is InChI=1S/C18H21N5O/c1-4-5-9-20-18(24)15-10-14-12(2)22-23(3)17(14)21-16(15)13-7-6-8-19-11-13/h6-8,10-11H,4-5,9H2,1-3H3,(H,20,24). The second-order valence-electron chi connectivity index (χ2n) is 5.82. The third-order valence-corrected chi connectivity index (χ3v) is 3.99. The smallest absolute Gasteiger partial charge is 0.253 e. The number of hydrogen-bond acceptors (Lipinski definition) is 4. The molecule has 0 fully saturated rings. The minimum atomic E-state index is -0.111. The van der Waals surface area contributed by atoms with Crippen molar-refractivity contribution in [3.8, 4) is 11.3 Å². The van der Waals surface area contributed by atoms with Crippen LogP contribution in [0.5, 0.6) is 0 Å². The fraction of sp³-hybridized carbons (Fsp3) is 0.333. The van der Waals surface area contributed by atoms with Gasteiger partial charge < -0.3 is 5.32 Å². The van der Waals surface area contributed by atoms with Gasteiger partial charge in [-0.1, -0.05) is 13.3 Å². The molecular formula is C18H21N5O. The van der Waals surface area contributed by atoms with Crippen LogP contribution in [0, 0.1) is 6.92 Å². The number of carbonyl (C=O) groups excluding carboxylic acids is 1. The first-order valence-corrected chi connectivity index (χ1v) is 8.14. The van der Waals surface area contributed by atoms with Gasteiger partial charge in [0.1, 0.15) is 0 Å². The summed E-state index contributed by atoms with van der Waals surface area (Å²) < 4.78 is 1.74. The van der Waals surface area contributed by atoms with Gasteiger partial charge in [0.25, 0.3) is 5.91 Å². The summed E-state index contributed by atoms with van der Waals surface area (Å²) in [5, 5.41) is 8.28. The molecule has 3 rings (SSSR count). The Morgan fingerprint density at radius 1 is 1.38 bits per heavy atom. The van der Waals surface area contributed by atoms with Crippen LogP contribution in [0.1, 0.15) is 35.8 Å². The summed E-state index contributed by atoms with van der Waals surface area (Å²) in [6.45, 7) is 4.68. The van der Waals surface area contributed by atoms with Crippen LogP contribution in [-0.4, -0.2) is 32.2 Å². The van der Waals surface area contributed by atoms with E-state index in [1.165, 1.54) is 0 Å². The summed E-state index contributed by atoms with van der Waals surface area (Å²) in [6.07, 6.45) is 5.42. The zero-order valence-corrected chi connectivity index (χ0v) is 14.2. The largest absolute Gasteiger partial charge is 0.352 e. The minimum Gasteiger partial charge on any atom is -0.352 e. The van der Waals surface area contributed by atoms with Gasteiger partial charge in [0, 0.05) is 36.9 Å². The SMILES string of the molecule is CCCCNC(=O)c1cc2c(C)nn(C)c2nc1-c1cccnc1. The highest BCUT2D eigenvalue weighted by atomic mass is 16.1. The van der Waals surface area contributed by atoms with E-state index >= 15 is 0 Å². The predicted molar refractivity (Wildman–Crippen MR) is 93.7 cm³/mol. The van der Waals surface area contributed by atoms with E-state index in [9.17, 15) is 4.79 Å². The molecule has 0 spiro atoms. The Balaban J connectivity index is 2.13. The highest BCUT2D eigenvalue weighted by molar-refractivity contribution is 6.03. The lowest BCUT2D eigenvalue weighted by atomic mass is 10.0. The molecule has 6 nitrogen and oxygen atoms in total. The lowest BCUT2D eigenvalue weighted by molar-refractivity contribution is 0.0953. The number of aromatic nitrogens is 4. The van der Waals surface area contributed by atoms with Gasteiger partial charge in [-0.3, -0.25) is 14.5 Å². The second kappa shape index (κ2) is 6.78. The van der Waals surface area contributed by atoms with E-state index in [1.807, 2.05) is 32.2 Å². The molecule has 124 valence electrons. The fourth-order valence-corrected chi connectivity index (χ4v) is 2.71. The molecule has 0 atom stereocenters. The Labute approximate surface area is 140 Å². The van der Waals surface area contributed by atoms with Gasteiger partial charge in [0.15, 0.2) is 5.65 Å². The zero-order chi connectivity index (χ0) is 17.1. The number of pyridine rings is 2. The highest BCUT2D eigenvalue weighted by Crippen LogP contribution is 2.26. The molecule has 0 saturated heterocycles. The zero-order valence-electron chi connectivity index (χ0n) is 14.2. The predicted octanol–water partition coefficient (Wildman–Crippen LogP) is 2.87. The number of nitrogens with one attached hydrogen (secondary N) is 1. The molecule has 0 radical (unpaired) electrons. The van der Waals surface area contributed by atoms with E-state index in [0.717, 1.165) is 35.1 Å². The summed E-state index contributed by atoms with van der Waals surface area (Å²) in [4.78, 5) is 21.5. The van der Waals surface area contributed by atoms with Crippen molar-refractivity contribution in [2.24, 2.45) is 7.05 Å². The van der Waals surface area contributed by atoms with E-state index in [2.05, 4.69) is 22.3 Å². The average Bonchev–Trinajstić information content (AvgIpc) is 2.88. The van der Waals surface area contributed by atoms with Gasteiger partial charge in [0.05, 0.1) is 17.0 Å². The lowest BCUT2D eigenvalue weighted by Gasteiger charge is -2.10. The maximum atomic E-state index is 12.7. The molecule has 0 unspecified atom stereocenters. The van der Waals surface area contributed by atoms with Crippen molar-refractivity contribution in [3.63, 3.8) is 0 Å². The van der Waals surface area contributed by atoms with E-state index < -0.39 is 0 Å². The molecule has 3 aromatic heterocycles. The van der Waals surface area contributed by atoms with Crippen LogP contribution in [0.15, 0.2) is 30.6 Å². The number of rotatable bonds is 5. The lowest BCUT2D eigenvalue weighted by Crippen LogP contribution is -2.25. The third kappa shape index (κ3) is 2.99. The molecule has 0 aliphatic carbocycles. The fourth-order valence-electron chi connectivity index (χ4n) is 2.71. The molecule has 1 N–H and O–H groups in total. The summed E-state index contributed by atoms with van der Waals surface area (Å²) >= 11 is 0. The maximum absolute atomic E-state index is 12.7. The minimum absolute atomic E-state index is 0.111. The van der Waals surface area contributed by atoms with Crippen molar-refractivity contribution in [3.05, 3.63) is 41.9 Å². The number of nitrogens with zero attached hydrogens (tertiary/aromatic N) is 4. The van der Waals surface area contributed by atoms with Crippen molar-refractivity contribution in [2.75, 3.05) is 6.54 Å². The van der Waals surface area contributed by atoms with Gasteiger partial charge in [-0.15, -0.1) is 0 Å². The maximum Gasteiger partial charge on any atom is 0.253 e. The van der Waals surface area contributed by atoms with Gasteiger partial charge >= 0.3 is 0 Å². The van der Waals surface area contributed by atoms with Crippen molar-refractivity contribution >= 4 is 16.9 Å². The summed E-state index contributed by atoms with van der Waals surface area (Å²) in [6, 6.07) is 5.63. The number of fused-ring (bicyclic) bond motifs is 1. The molecule has 0 aliphatic heterocycles. The van der Waals surface area contributed by atoms with Crippen molar-refractivity contribution in [1.82, 2.24) is 25.1 Å². The molecule has 24 heavy (non-hydrogen) atoms. The molecule has 3 aromatic rings. The first kappa shape index (κ1) is 16.1. The quantitative estimate of drug-likeness (QED) is 0.733. The first-order valence-electron chi connectivity index (χ1n) is 8.14. The van der Waals surface area contributed by atoms with Crippen LogP contribution in [0.2, 0.25) is 0 Å². The van der Waals surface area contributed by atoms with Gasteiger partial charge in [-0.2, -0.15) is 5.10 Å². The number of unbranched alkanes of at least 4 members (excludes halogenated alkanes) is 1. The Morgan fingerprint density at radius 2 is 2.21 bits per heavy atom. The van der Waals surface area contributed by atoms with Crippen molar-refractivity contribution in [1.29, 1.82) is 0 Å². The van der Waals surface area contributed by atoms with Crippen molar-refractivity contribution < 1.29 is 4.79 Å². The molecule has 0 saturated carbocycles. The van der Waals surface area contributed by atoms with Crippen LogP contribution < -0.4 is 5.32 Å². The number of aryl methyl sites for hydroxylation is 2. The van der Waals surface area contributed by atoms with Gasteiger partial charge in [-0.05, 0) is 31.5 Å². The topological polar surface area (TPSA) is 72.7 Å². The third-order valence-electron chi connectivity index (χ3n) is 3.99. The van der Waals surface area contributed by atoms with Crippen LogP contribution in [-0.2, 0) is 7.05 Å². The Hall–Kier alpha value is -2.76. The molecular weight excluding hydrogens is 302 g/mol.